The fourth-order valence-electron chi connectivity index (χ4n) is 2.46. The highest BCUT2D eigenvalue weighted by Gasteiger charge is 2.24. The number of hydrogen-bond donors (Lipinski definition) is 3. The smallest absolute Gasteiger partial charge is 0.270 e. The topological polar surface area (TPSA) is 91.2 Å². The molecule has 2 amide bonds. The Morgan fingerprint density at radius 3 is 2.70 bits per heavy atom. The Balaban J connectivity index is 1.82. The molecule has 0 radical (unpaired) electrons. The van der Waals surface area contributed by atoms with Crippen molar-refractivity contribution in [3.63, 3.8) is 0 Å². The molecule has 0 atom stereocenters. The molecule has 0 aromatic carbocycles. The second kappa shape index (κ2) is 6.45. The van der Waals surface area contributed by atoms with E-state index in [4.69, 9.17) is 5.73 Å². The maximum absolute atomic E-state index is 12.2. The fourth-order valence-corrected chi connectivity index (χ4v) is 2.46. The number of nitrogens with one attached hydrogen (secondary N) is 2. The molecule has 1 aromatic rings. The highest BCUT2D eigenvalue weighted by atomic mass is 16.2. The largest absolute Gasteiger partial charge is 0.397 e. The van der Waals surface area contributed by atoms with Gasteiger partial charge in [-0.2, -0.15) is 0 Å². The van der Waals surface area contributed by atoms with Crippen LogP contribution in [0.15, 0.2) is 12.3 Å². The van der Waals surface area contributed by atoms with E-state index in [2.05, 4.69) is 10.3 Å². The van der Waals surface area contributed by atoms with E-state index in [0.29, 0.717) is 30.9 Å². The average Bonchev–Trinajstić information content (AvgIpc) is 2.86. The zero-order valence-electron chi connectivity index (χ0n) is 11.8. The van der Waals surface area contributed by atoms with Crippen molar-refractivity contribution in [2.24, 2.45) is 0 Å². The molecule has 1 fully saturated rings. The summed E-state index contributed by atoms with van der Waals surface area (Å²) >= 11 is 0. The van der Waals surface area contributed by atoms with Gasteiger partial charge in [0.15, 0.2) is 0 Å². The Morgan fingerprint density at radius 1 is 1.45 bits per heavy atom. The number of rotatable bonds is 4. The Labute approximate surface area is 118 Å². The molecule has 1 aliphatic rings. The molecule has 2 heterocycles. The van der Waals surface area contributed by atoms with Crippen LogP contribution in [-0.4, -0.2) is 40.8 Å². The van der Waals surface area contributed by atoms with Gasteiger partial charge in [0.25, 0.3) is 5.91 Å². The average molecular weight is 278 g/mol. The third-order valence-electron chi connectivity index (χ3n) is 3.56. The lowest BCUT2D eigenvalue weighted by Crippen LogP contribution is -2.46. The number of hydrogen-bond acceptors (Lipinski definition) is 3. The van der Waals surface area contributed by atoms with Gasteiger partial charge in [-0.15, -0.1) is 0 Å². The van der Waals surface area contributed by atoms with Crippen LogP contribution in [0.2, 0.25) is 0 Å². The normalized spacial score (nSPS) is 16.1. The predicted molar refractivity (Wildman–Crippen MR) is 77.2 cm³/mol. The minimum atomic E-state index is -0.0277. The van der Waals surface area contributed by atoms with Gasteiger partial charge in [-0.25, -0.2) is 0 Å². The molecule has 6 nitrogen and oxygen atoms in total. The molecule has 0 spiro atoms. The number of anilines is 1. The Kier molecular flexibility index (Phi) is 4.65. The molecule has 2 rings (SSSR count). The van der Waals surface area contributed by atoms with Gasteiger partial charge in [0.1, 0.15) is 5.69 Å². The zero-order chi connectivity index (χ0) is 14.5. The van der Waals surface area contributed by atoms with Crippen LogP contribution in [0.25, 0.3) is 0 Å². The number of carbonyl (C=O) groups excluding carboxylic acids is 2. The predicted octanol–water partition coefficient (Wildman–Crippen LogP) is 1.12. The van der Waals surface area contributed by atoms with E-state index < -0.39 is 0 Å². The molecule has 20 heavy (non-hydrogen) atoms. The van der Waals surface area contributed by atoms with E-state index >= 15 is 0 Å². The van der Waals surface area contributed by atoms with Crippen LogP contribution in [0.3, 0.4) is 0 Å². The van der Waals surface area contributed by atoms with Gasteiger partial charge in [0.05, 0.1) is 0 Å². The summed E-state index contributed by atoms with van der Waals surface area (Å²) in [5, 5.41) is 3.02. The minimum absolute atomic E-state index is 0.0277. The molecule has 0 unspecified atom stereocenters. The number of aromatic amines is 1. The highest BCUT2D eigenvalue weighted by molar-refractivity contribution is 5.93. The third kappa shape index (κ3) is 3.53. The van der Waals surface area contributed by atoms with Gasteiger partial charge in [-0.1, -0.05) is 6.92 Å². The Bertz CT molecular complexity index is 475. The summed E-state index contributed by atoms with van der Waals surface area (Å²) in [5.41, 5.74) is 6.69. The molecule has 0 saturated carbocycles. The van der Waals surface area contributed by atoms with Crippen molar-refractivity contribution in [1.29, 1.82) is 0 Å². The molecular formula is C14H22N4O2. The van der Waals surface area contributed by atoms with Gasteiger partial charge < -0.3 is 20.9 Å². The summed E-state index contributed by atoms with van der Waals surface area (Å²) in [5.74, 6) is 0.0782. The third-order valence-corrected chi connectivity index (χ3v) is 3.56. The van der Waals surface area contributed by atoms with Crippen molar-refractivity contribution in [1.82, 2.24) is 15.2 Å². The van der Waals surface area contributed by atoms with Crippen LogP contribution in [0.1, 0.15) is 43.1 Å². The van der Waals surface area contributed by atoms with Crippen molar-refractivity contribution in [3.8, 4) is 0 Å². The van der Waals surface area contributed by atoms with E-state index in [1.54, 1.807) is 17.2 Å². The quantitative estimate of drug-likeness (QED) is 0.770. The van der Waals surface area contributed by atoms with Gasteiger partial charge in [0, 0.05) is 37.4 Å². The fraction of sp³-hybridized carbons (Fsp3) is 0.571. The highest BCUT2D eigenvalue weighted by Crippen LogP contribution is 2.15. The summed E-state index contributed by atoms with van der Waals surface area (Å²) in [6.45, 7) is 3.31. The first-order chi connectivity index (χ1) is 9.60. The summed E-state index contributed by atoms with van der Waals surface area (Å²) < 4.78 is 0. The second-order valence-corrected chi connectivity index (χ2v) is 5.23. The molecule has 110 valence electrons. The lowest BCUT2D eigenvalue weighted by molar-refractivity contribution is -0.122. The van der Waals surface area contributed by atoms with E-state index in [-0.39, 0.29) is 17.9 Å². The van der Waals surface area contributed by atoms with Gasteiger partial charge in [0.2, 0.25) is 5.91 Å². The minimum Gasteiger partial charge on any atom is -0.397 e. The summed E-state index contributed by atoms with van der Waals surface area (Å²) in [7, 11) is 0. The number of nitrogen functional groups attached to an aromatic ring is 1. The van der Waals surface area contributed by atoms with Crippen molar-refractivity contribution in [2.75, 3.05) is 18.8 Å². The van der Waals surface area contributed by atoms with Crippen molar-refractivity contribution >= 4 is 17.5 Å². The first kappa shape index (κ1) is 14.4. The number of nitrogens with two attached hydrogens (primary N) is 1. The van der Waals surface area contributed by atoms with Crippen LogP contribution in [0.4, 0.5) is 5.69 Å². The molecule has 6 heteroatoms. The lowest BCUT2D eigenvalue weighted by atomic mass is 10.0. The monoisotopic (exact) mass is 278 g/mol. The lowest BCUT2D eigenvalue weighted by Gasteiger charge is -2.32. The van der Waals surface area contributed by atoms with Crippen LogP contribution < -0.4 is 11.1 Å². The van der Waals surface area contributed by atoms with Crippen molar-refractivity contribution in [2.45, 2.75) is 38.6 Å². The van der Waals surface area contributed by atoms with Crippen molar-refractivity contribution < 1.29 is 9.59 Å². The molecule has 0 aliphatic carbocycles. The molecule has 1 saturated heterocycles. The first-order valence-electron chi connectivity index (χ1n) is 7.12. The molecule has 0 bridgehead atoms. The summed E-state index contributed by atoms with van der Waals surface area (Å²) in [4.78, 5) is 28.4. The van der Waals surface area contributed by atoms with Gasteiger partial charge in [-0.3, -0.25) is 9.59 Å². The van der Waals surface area contributed by atoms with Gasteiger partial charge in [-0.05, 0) is 25.3 Å². The Morgan fingerprint density at radius 2 is 2.15 bits per heavy atom. The molecular weight excluding hydrogens is 256 g/mol. The number of aromatic nitrogens is 1. The summed E-state index contributed by atoms with van der Waals surface area (Å²) in [6, 6.07) is 1.84. The van der Waals surface area contributed by atoms with Crippen LogP contribution in [0.5, 0.6) is 0 Å². The number of piperidine rings is 1. The SMILES string of the molecule is CCCC(=O)NC1CCN(C(=O)c2cc(N)c[nH]2)CC1. The second-order valence-electron chi connectivity index (χ2n) is 5.23. The van der Waals surface area contributed by atoms with Crippen LogP contribution in [0, 0.1) is 0 Å². The van der Waals surface area contributed by atoms with Gasteiger partial charge >= 0.3 is 0 Å². The van der Waals surface area contributed by atoms with Crippen LogP contribution >= 0.6 is 0 Å². The molecule has 1 aromatic heterocycles. The Hall–Kier alpha value is -1.98. The molecule has 4 N–H and O–H groups in total. The van der Waals surface area contributed by atoms with E-state index in [1.165, 1.54) is 0 Å². The number of likely N-dealkylation sites (tertiary alicyclic amines) is 1. The van der Waals surface area contributed by atoms with Crippen molar-refractivity contribution in [3.05, 3.63) is 18.0 Å². The maximum atomic E-state index is 12.2. The summed E-state index contributed by atoms with van der Waals surface area (Å²) in [6.07, 6.45) is 4.65. The maximum Gasteiger partial charge on any atom is 0.270 e. The standard InChI is InChI=1S/C14H22N4O2/c1-2-3-13(19)17-11-4-6-18(7-5-11)14(20)12-8-10(15)9-16-12/h8-9,11,16H,2-7,15H2,1H3,(H,17,19). The van der Waals surface area contributed by atoms with E-state index in [0.717, 1.165) is 19.3 Å². The molecule has 1 aliphatic heterocycles. The van der Waals surface area contributed by atoms with E-state index in [1.807, 2.05) is 6.92 Å². The number of nitrogens with zero attached hydrogens (tertiary/aromatic N) is 1. The van der Waals surface area contributed by atoms with Crippen LogP contribution in [-0.2, 0) is 4.79 Å². The zero-order valence-corrected chi connectivity index (χ0v) is 11.8. The number of H-pyrrole nitrogens is 1. The first-order valence-corrected chi connectivity index (χ1v) is 7.12. The number of carbonyl (C=O) groups is 2. The van der Waals surface area contributed by atoms with E-state index in [9.17, 15) is 9.59 Å². The number of amides is 2.